The van der Waals surface area contributed by atoms with Gasteiger partial charge in [0.25, 0.3) is 5.91 Å². The number of carbonyl (C=O) groups excluding carboxylic acids is 2. The lowest BCUT2D eigenvalue weighted by Crippen LogP contribution is -2.40. The molecular weight excluding hydrogens is 244 g/mol. The molecule has 0 saturated carbocycles. The lowest BCUT2D eigenvalue weighted by molar-refractivity contribution is -0.142. The van der Waals surface area contributed by atoms with Gasteiger partial charge >= 0.3 is 5.97 Å². The summed E-state index contributed by atoms with van der Waals surface area (Å²) in [6, 6.07) is 6.99. The van der Waals surface area contributed by atoms with E-state index in [1.54, 1.807) is 19.1 Å². The Bertz CT molecular complexity index is 429. The maximum atomic E-state index is 11.8. The molecule has 1 aromatic rings. The Hall–Kier alpha value is -1.88. The van der Waals surface area contributed by atoms with Crippen molar-refractivity contribution < 1.29 is 14.3 Å². The van der Waals surface area contributed by atoms with Crippen molar-refractivity contribution in [3.8, 4) is 0 Å². The maximum absolute atomic E-state index is 11.8. The van der Waals surface area contributed by atoms with Gasteiger partial charge in [-0.3, -0.25) is 9.59 Å². The SMILES string of the molecule is COC(=O)C(C)NCCNC(=O)c1ccc(C)cc1. The molecule has 19 heavy (non-hydrogen) atoms. The van der Waals surface area contributed by atoms with Gasteiger partial charge in [-0.2, -0.15) is 0 Å². The maximum Gasteiger partial charge on any atom is 0.322 e. The van der Waals surface area contributed by atoms with E-state index in [2.05, 4.69) is 15.4 Å². The number of esters is 1. The van der Waals surface area contributed by atoms with Crippen LogP contribution in [0.25, 0.3) is 0 Å². The van der Waals surface area contributed by atoms with E-state index in [0.29, 0.717) is 18.7 Å². The Morgan fingerprint density at radius 2 is 1.84 bits per heavy atom. The molecule has 1 unspecified atom stereocenters. The third-order valence-corrected chi connectivity index (χ3v) is 2.73. The molecule has 0 radical (unpaired) electrons. The molecule has 0 aromatic heterocycles. The molecule has 1 atom stereocenters. The van der Waals surface area contributed by atoms with E-state index in [1.165, 1.54) is 7.11 Å². The van der Waals surface area contributed by atoms with E-state index < -0.39 is 0 Å². The standard InChI is InChI=1S/C14H20N2O3/c1-10-4-6-12(7-5-10)13(17)16-9-8-15-11(2)14(18)19-3/h4-7,11,15H,8-9H2,1-3H3,(H,16,17). The van der Waals surface area contributed by atoms with Gasteiger partial charge in [0.05, 0.1) is 7.11 Å². The number of hydrogen-bond acceptors (Lipinski definition) is 4. The first-order valence-electron chi connectivity index (χ1n) is 6.20. The zero-order chi connectivity index (χ0) is 14.3. The molecular formula is C14H20N2O3. The van der Waals surface area contributed by atoms with Crippen molar-refractivity contribution in [2.24, 2.45) is 0 Å². The van der Waals surface area contributed by atoms with Gasteiger partial charge in [-0.1, -0.05) is 17.7 Å². The summed E-state index contributed by atoms with van der Waals surface area (Å²) < 4.78 is 4.58. The van der Waals surface area contributed by atoms with Crippen LogP contribution in [-0.2, 0) is 9.53 Å². The summed E-state index contributed by atoms with van der Waals surface area (Å²) in [6.07, 6.45) is 0. The minimum atomic E-state index is -0.374. The summed E-state index contributed by atoms with van der Waals surface area (Å²) in [7, 11) is 1.35. The van der Waals surface area contributed by atoms with Crippen molar-refractivity contribution in [2.75, 3.05) is 20.2 Å². The Morgan fingerprint density at radius 3 is 2.42 bits per heavy atom. The van der Waals surface area contributed by atoms with Gasteiger partial charge < -0.3 is 15.4 Å². The molecule has 0 aliphatic carbocycles. The van der Waals surface area contributed by atoms with Crippen molar-refractivity contribution in [1.82, 2.24) is 10.6 Å². The second kappa shape index (κ2) is 7.53. The van der Waals surface area contributed by atoms with Crippen LogP contribution in [-0.4, -0.2) is 38.1 Å². The van der Waals surface area contributed by atoms with Crippen molar-refractivity contribution >= 4 is 11.9 Å². The molecule has 0 saturated heterocycles. The Morgan fingerprint density at radius 1 is 1.21 bits per heavy atom. The lowest BCUT2D eigenvalue weighted by atomic mass is 10.1. The van der Waals surface area contributed by atoms with Gasteiger partial charge in [-0.15, -0.1) is 0 Å². The van der Waals surface area contributed by atoms with Gasteiger partial charge in [-0.25, -0.2) is 0 Å². The highest BCUT2D eigenvalue weighted by Gasteiger charge is 2.11. The molecule has 0 aliphatic rings. The van der Waals surface area contributed by atoms with Crippen LogP contribution in [0.1, 0.15) is 22.8 Å². The zero-order valence-electron chi connectivity index (χ0n) is 11.5. The number of aryl methyl sites for hydroxylation is 1. The van der Waals surface area contributed by atoms with E-state index in [9.17, 15) is 9.59 Å². The molecule has 0 aliphatic heterocycles. The number of benzene rings is 1. The number of ether oxygens (including phenoxy) is 1. The molecule has 0 spiro atoms. The van der Waals surface area contributed by atoms with Crippen LogP contribution in [0.15, 0.2) is 24.3 Å². The Kier molecular flexibility index (Phi) is 6.02. The first kappa shape index (κ1) is 15.2. The summed E-state index contributed by atoms with van der Waals surface area (Å²) in [6.45, 7) is 4.65. The van der Waals surface area contributed by atoms with Crippen molar-refractivity contribution in [3.05, 3.63) is 35.4 Å². The minimum absolute atomic E-state index is 0.118. The average molecular weight is 264 g/mol. The lowest BCUT2D eigenvalue weighted by Gasteiger charge is -2.11. The highest BCUT2D eigenvalue weighted by Crippen LogP contribution is 2.02. The molecule has 0 fully saturated rings. The molecule has 5 nitrogen and oxygen atoms in total. The van der Waals surface area contributed by atoms with E-state index >= 15 is 0 Å². The molecule has 2 N–H and O–H groups in total. The zero-order valence-corrected chi connectivity index (χ0v) is 11.5. The minimum Gasteiger partial charge on any atom is -0.468 e. The van der Waals surface area contributed by atoms with Crippen molar-refractivity contribution in [2.45, 2.75) is 19.9 Å². The van der Waals surface area contributed by atoms with Crippen LogP contribution in [0.4, 0.5) is 0 Å². The second-order valence-electron chi connectivity index (χ2n) is 4.32. The summed E-state index contributed by atoms with van der Waals surface area (Å²) >= 11 is 0. The third-order valence-electron chi connectivity index (χ3n) is 2.73. The number of carbonyl (C=O) groups is 2. The fraction of sp³-hybridized carbons (Fsp3) is 0.429. The quantitative estimate of drug-likeness (QED) is 0.591. The normalized spacial score (nSPS) is 11.7. The van der Waals surface area contributed by atoms with Crippen LogP contribution in [0.2, 0.25) is 0 Å². The van der Waals surface area contributed by atoms with Crippen LogP contribution in [0.3, 0.4) is 0 Å². The van der Waals surface area contributed by atoms with Gasteiger partial charge in [-0.05, 0) is 26.0 Å². The third kappa shape index (κ3) is 5.09. The van der Waals surface area contributed by atoms with Crippen LogP contribution < -0.4 is 10.6 Å². The predicted octanol–water partition coefficient (Wildman–Crippen LogP) is 0.876. The number of hydrogen-bond donors (Lipinski definition) is 2. The topological polar surface area (TPSA) is 67.4 Å². The largest absolute Gasteiger partial charge is 0.468 e. The van der Waals surface area contributed by atoms with E-state index in [0.717, 1.165) is 5.56 Å². The summed E-state index contributed by atoms with van der Waals surface area (Å²) in [5.41, 5.74) is 1.75. The number of amides is 1. The first-order valence-corrected chi connectivity index (χ1v) is 6.20. The number of rotatable bonds is 6. The van der Waals surface area contributed by atoms with Crippen molar-refractivity contribution in [3.63, 3.8) is 0 Å². The average Bonchev–Trinajstić information content (AvgIpc) is 2.42. The van der Waals surface area contributed by atoms with Crippen LogP contribution >= 0.6 is 0 Å². The van der Waals surface area contributed by atoms with Crippen molar-refractivity contribution in [1.29, 1.82) is 0 Å². The van der Waals surface area contributed by atoms with Crippen LogP contribution in [0, 0.1) is 6.92 Å². The fourth-order valence-electron chi connectivity index (χ4n) is 1.53. The molecule has 104 valence electrons. The van der Waals surface area contributed by atoms with Gasteiger partial charge in [0.15, 0.2) is 0 Å². The molecule has 1 aromatic carbocycles. The Labute approximate surface area is 113 Å². The monoisotopic (exact) mass is 264 g/mol. The molecule has 5 heteroatoms. The predicted molar refractivity (Wildman–Crippen MR) is 73.0 cm³/mol. The van der Waals surface area contributed by atoms with E-state index in [4.69, 9.17) is 0 Å². The van der Waals surface area contributed by atoms with E-state index in [1.807, 2.05) is 19.1 Å². The number of methoxy groups -OCH3 is 1. The van der Waals surface area contributed by atoms with E-state index in [-0.39, 0.29) is 17.9 Å². The molecule has 1 amide bonds. The van der Waals surface area contributed by atoms with Gasteiger partial charge in [0.1, 0.15) is 6.04 Å². The highest BCUT2D eigenvalue weighted by molar-refractivity contribution is 5.94. The summed E-state index contributed by atoms with van der Waals surface area (Å²) in [5.74, 6) is -0.433. The Balaban J connectivity index is 2.28. The molecule has 0 heterocycles. The van der Waals surface area contributed by atoms with Crippen LogP contribution in [0.5, 0.6) is 0 Å². The highest BCUT2D eigenvalue weighted by atomic mass is 16.5. The smallest absolute Gasteiger partial charge is 0.322 e. The summed E-state index contributed by atoms with van der Waals surface area (Å²) in [4.78, 5) is 22.9. The fourth-order valence-corrected chi connectivity index (χ4v) is 1.53. The molecule has 0 bridgehead atoms. The van der Waals surface area contributed by atoms with Gasteiger partial charge in [0.2, 0.25) is 0 Å². The number of nitrogens with one attached hydrogen (secondary N) is 2. The van der Waals surface area contributed by atoms with Gasteiger partial charge in [0, 0.05) is 18.7 Å². The first-order chi connectivity index (χ1) is 9.04. The second-order valence-corrected chi connectivity index (χ2v) is 4.32. The molecule has 1 rings (SSSR count). The summed E-state index contributed by atoms with van der Waals surface area (Å²) in [5, 5.41) is 5.74.